The molecule has 0 spiro atoms. The summed E-state index contributed by atoms with van der Waals surface area (Å²) in [5.74, 6) is 7.22. The highest BCUT2D eigenvalue weighted by Crippen LogP contribution is 2.14. The lowest BCUT2D eigenvalue weighted by atomic mass is 10.2. The molecule has 0 unspecified atom stereocenters. The number of benzene rings is 1. The minimum atomic E-state index is -0.150. The van der Waals surface area contributed by atoms with Crippen LogP contribution in [0.15, 0.2) is 46.5 Å². The van der Waals surface area contributed by atoms with Crippen LogP contribution in [0.25, 0.3) is 0 Å². The van der Waals surface area contributed by atoms with Crippen LogP contribution < -0.4 is 16.0 Å². The summed E-state index contributed by atoms with van der Waals surface area (Å²) in [4.78, 5) is 17.8. The van der Waals surface area contributed by atoms with E-state index >= 15 is 0 Å². The summed E-state index contributed by atoms with van der Waals surface area (Å²) in [7, 11) is 0. The van der Waals surface area contributed by atoms with E-state index in [9.17, 15) is 4.79 Å². The Hall–Kier alpha value is -2.23. The van der Waals surface area contributed by atoms with Gasteiger partial charge in [0.05, 0.1) is 13.2 Å². The van der Waals surface area contributed by atoms with E-state index in [0.717, 1.165) is 11.3 Å². The van der Waals surface area contributed by atoms with Crippen LogP contribution in [0.5, 0.6) is 5.75 Å². The molecule has 1 aromatic heterocycles. The molecular formula is C15H15N3O2S. The van der Waals surface area contributed by atoms with E-state index in [0.29, 0.717) is 24.1 Å². The van der Waals surface area contributed by atoms with E-state index in [-0.39, 0.29) is 5.56 Å². The fraction of sp³-hybridized carbons (Fsp3) is 0.200. The maximum absolute atomic E-state index is 11.1. The number of aromatic nitrogens is 2. The largest absolute Gasteiger partial charge is 0.493 e. The van der Waals surface area contributed by atoms with Gasteiger partial charge in [0.15, 0.2) is 5.16 Å². The molecule has 2 aromatic rings. The maximum Gasteiger partial charge on any atom is 0.251 e. The molecule has 0 saturated carbocycles. The van der Waals surface area contributed by atoms with E-state index in [1.54, 1.807) is 0 Å². The quantitative estimate of drug-likeness (QED) is 0.376. The van der Waals surface area contributed by atoms with E-state index in [1.807, 2.05) is 24.3 Å². The third kappa shape index (κ3) is 5.34. The molecule has 0 atom stereocenters. The highest BCUT2D eigenvalue weighted by Gasteiger charge is 1.98. The van der Waals surface area contributed by atoms with Gasteiger partial charge >= 0.3 is 0 Å². The number of hydrogen-bond donors (Lipinski definition) is 2. The molecule has 1 aromatic carbocycles. The Morgan fingerprint density at radius 3 is 2.81 bits per heavy atom. The van der Waals surface area contributed by atoms with Crippen LogP contribution >= 0.6 is 11.8 Å². The summed E-state index contributed by atoms with van der Waals surface area (Å²) in [5, 5.41) is 0.596. The number of rotatable bonds is 5. The van der Waals surface area contributed by atoms with Crippen molar-refractivity contribution in [3.63, 3.8) is 0 Å². The number of aromatic amines is 1. The minimum Gasteiger partial charge on any atom is -0.493 e. The predicted molar refractivity (Wildman–Crippen MR) is 83.5 cm³/mol. The van der Waals surface area contributed by atoms with Gasteiger partial charge in [-0.3, -0.25) is 4.79 Å². The number of thioether (sulfide) groups is 1. The van der Waals surface area contributed by atoms with Crippen LogP contribution in [-0.2, 0) is 0 Å². The zero-order valence-corrected chi connectivity index (χ0v) is 12.2. The molecule has 0 aliphatic rings. The SMILES string of the molecule is NCC#Cc1ccc(OCCSc2nccc(=O)[nH]2)cc1. The fourth-order valence-electron chi connectivity index (χ4n) is 1.51. The molecule has 0 saturated heterocycles. The first-order chi connectivity index (χ1) is 10.3. The van der Waals surface area contributed by atoms with Gasteiger partial charge < -0.3 is 15.5 Å². The lowest BCUT2D eigenvalue weighted by Crippen LogP contribution is -2.07. The van der Waals surface area contributed by atoms with Crippen molar-refractivity contribution in [2.75, 3.05) is 18.9 Å². The van der Waals surface area contributed by atoms with Gasteiger partial charge in [-0.15, -0.1) is 0 Å². The number of nitrogens with two attached hydrogens (primary N) is 1. The standard InChI is InChI=1S/C15H15N3O2S/c16-8-1-2-12-3-5-13(6-4-12)20-10-11-21-15-17-9-7-14(19)18-15/h3-7,9H,8,10-11,16H2,(H,17,18,19). The molecule has 108 valence electrons. The minimum absolute atomic E-state index is 0.150. The monoisotopic (exact) mass is 301 g/mol. The molecule has 5 nitrogen and oxygen atoms in total. The number of nitrogens with zero attached hydrogens (tertiary/aromatic N) is 1. The second kappa shape index (κ2) is 8.15. The normalized spacial score (nSPS) is 9.76. The van der Waals surface area contributed by atoms with E-state index < -0.39 is 0 Å². The number of H-pyrrole nitrogens is 1. The van der Waals surface area contributed by atoms with Crippen molar-refractivity contribution < 1.29 is 4.74 Å². The van der Waals surface area contributed by atoms with Crippen LogP contribution in [0, 0.1) is 11.8 Å². The van der Waals surface area contributed by atoms with Crippen LogP contribution in [0.3, 0.4) is 0 Å². The van der Waals surface area contributed by atoms with Crippen molar-refractivity contribution >= 4 is 11.8 Å². The number of nitrogens with one attached hydrogen (secondary N) is 1. The highest BCUT2D eigenvalue weighted by atomic mass is 32.2. The maximum atomic E-state index is 11.1. The van der Waals surface area contributed by atoms with Gasteiger partial charge in [-0.25, -0.2) is 4.98 Å². The molecule has 0 amide bonds. The second-order valence-corrected chi connectivity index (χ2v) is 5.05. The molecule has 21 heavy (non-hydrogen) atoms. The molecule has 0 aliphatic carbocycles. The predicted octanol–water partition coefficient (Wildman–Crippen LogP) is 1.25. The Morgan fingerprint density at radius 2 is 2.10 bits per heavy atom. The summed E-state index contributed by atoms with van der Waals surface area (Å²) in [5.41, 5.74) is 6.08. The first-order valence-electron chi connectivity index (χ1n) is 6.38. The molecule has 0 radical (unpaired) electrons. The van der Waals surface area contributed by atoms with Gasteiger partial charge in [0.2, 0.25) is 0 Å². The van der Waals surface area contributed by atoms with Crippen LogP contribution in [0.4, 0.5) is 0 Å². The molecule has 0 aliphatic heterocycles. The van der Waals surface area contributed by atoms with Gasteiger partial charge in [-0.2, -0.15) is 0 Å². The van der Waals surface area contributed by atoms with Crippen molar-refractivity contribution in [2.45, 2.75) is 5.16 Å². The fourth-order valence-corrected chi connectivity index (χ4v) is 2.18. The smallest absolute Gasteiger partial charge is 0.251 e. The van der Waals surface area contributed by atoms with Gasteiger partial charge in [-0.05, 0) is 24.3 Å². The van der Waals surface area contributed by atoms with Gasteiger partial charge in [0.1, 0.15) is 5.75 Å². The van der Waals surface area contributed by atoms with E-state index in [4.69, 9.17) is 10.5 Å². The highest BCUT2D eigenvalue weighted by molar-refractivity contribution is 7.99. The summed E-state index contributed by atoms with van der Waals surface area (Å²) in [6.45, 7) is 0.877. The molecule has 1 heterocycles. The van der Waals surface area contributed by atoms with Crippen molar-refractivity contribution in [2.24, 2.45) is 5.73 Å². The van der Waals surface area contributed by atoms with Gasteiger partial charge in [0.25, 0.3) is 5.56 Å². The Balaban J connectivity index is 1.77. The molecular weight excluding hydrogens is 286 g/mol. The van der Waals surface area contributed by atoms with Crippen LogP contribution in [0.1, 0.15) is 5.56 Å². The number of hydrogen-bond acceptors (Lipinski definition) is 5. The third-order valence-corrected chi connectivity index (χ3v) is 3.28. The Kier molecular flexibility index (Phi) is 5.88. The topological polar surface area (TPSA) is 81.0 Å². The van der Waals surface area contributed by atoms with Crippen LogP contribution in [-0.4, -0.2) is 28.9 Å². The van der Waals surface area contributed by atoms with Crippen LogP contribution in [0.2, 0.25) is 0 Å². The van der Waals surface area contributed by atoms with Gasteiger partial charge in [-0.1, -0.05) is 23.6 Å². The van der Waals surface area contributed by atoms with Crippen molar-refractivity contribution in [3.05, 3.63) is 52.4 Å². The molecule has 3 N–H and O–H groups in total. The first kappa shape index (κ1) is 15.2. The summed E-state index contributed by atoms with van der Waals surface area (Å²) < 4.78 is 5.60. The molecule has 2 rings (SSSR count). The molecule has 0 fully saturated rings. The molecule has 0 bridgehead atoms. The van der Waals surface area contributed by atoms with E-state index in [2.05, 4.69) is 21.8 Å². The van der Waals surface area contributed by atoms with Gasteiger partial charge in [0, 0.05) is 23.6 Å². The zero-order chi connectivity index (χ0) is 14.9. The van der Waals surface area contributed by atoms with Crippen molar-refractivity contribution in [3.8, 4) is 17.6 Å². The lowest BCUT2D eigenvalue weighted by Gasteiger charge is -2.05. The Labute approximate surface area is 126 Å². The molecule has 6 heteroatoms. The Bertz CT molecular complexity index is 686. The number of ether oxygens (including phenoxy) is 1. The average Bonchev–Trinajstić information content (AvgIpc) is 2.51. The lowest BCUT2D eigenvalue weighted by molar-refractivity contribution is 0.344. The zero-order valence-electron chi connectivity index (χ0n) is 11.3. The van der Waals surface area contributed by atoms with Crippen molar-refractivity contribution in [1.82, 2.24) is 9.97 Å². The summed E-state index contributed by atoms with van der Waals surface area (Å²) >= 11 is 1.44. The summed E-state index contributed by atoms with van der Waals surface area (Å²) in [6.07, 6.45) is 1.49. The first-order valence-corrected chi connectivity index (χ1v) is 7.36. The van der Waals surface area contributed by atoms with Crippen molar-refractivity contribution in [1.29, 1.82) is 0 Å². The third-order valence-electron chi connectivity index (χ3n) is 2.43. The summed E-state index contributed by atoms with van der Waals surface area (Å²) in [6, 6.07) is 8.90. The average molecular weight is 301 g/mol. The van der Waals surface area contributed by atoms with E-state index in [1.165, 1.54) is 24.0 Å². The second-order valence-electron chi connectivity index (χ2n) is 3.97. The Morgan fingerprint density at radius 1 is 1.29 bits per heavy atom.